The van der Waals surface area contributed by atoms with E-state index >= 15 is 0 Å². The molecule has 0 radical (unpaired) electrons. The third-order valence-electron chi connectivity index (χ3n) is 4.05. The number of carbonyl (C=O) groups excluding carboxylic acids is 2. The predicted octanol–water partition coefficient (Wildman–Crippen LogP) is 3.67. The molecule has 3 aromatic rings. The number of nitrogens with one attached hydrogen (secondary N) is 1. The molecule has 0 spiro atoms. The molecule has 0 bridgehead atoms. The molecule has 0 unspecified atom stereocenters. The van der Waals surface area contributed by atoms with E-state index in [1.54, 1.807) is 55.5 Å². The van der Waals surface area contributed by atoms with Gasteiger partial charge in [-0.25, -0.2) is 4.79 Å². The highest BCUT2D eigenvalue weighted by Gasteiger charge is 2.17. The van der Waals surface area contributed by atoms with Gasteiger partial charge in [0.05, 0.1) is 11.3 Å². The van der Waals surface area contributed by atoms with Crippen molar-refractivity contribution in [3.63, 3.8) is 0 Å². The highest BCUT2D eigenvalue weighted by Crippen LogP contribution is 2.22. The van der Waals surface area contributed by atoms with Gasteiger partial charge >= 0.3 is 5.97 Å². The number of esters is 1. The van der Waals surface area contributed by atoms with Crippen LogP contribution in [0.5, 0.6) is 5.75 Å². The number of para-hydroxylation sites is 2. The van der Waals surface area contributed by atoms with Crippen molar-refractivity contribution in [2.75, 3.05) is 11.9 Å². The van der Waals surface area contributed by atoms with E-state index in [0.29, 0.717) is 17.2 Å². The van der Waals surface area contributed by atoms with Crippen molar-refractivity contribution in [3.8, 4) is 5.75 Å². The summed E-state index contributed by atoms with van der Waals surface area (Å²) >= 11 is 0. The van der Waals surface area contributed by atoms with Crippen LogP contribution in [0.25, 0.3) is 0 Å². The van der Waals surface area contributed by atoms with Gasteiger partial charge in [-0.2, -0.15) is 0 Å². The van der Waals surface area contributed by atoms with Crippen molar-refractivity contribution in [1.82, 2.24) is 5.16 Å². The van der Waals surface area contributed by atoms with Gasteiger partial charge in [-0.05, 0) is 38.1 Å². The highest BCUT2D eigenvalue weighted by molar-refractivity contribution is 5.96. The number of amides is 1. The summed E-state index contributed by atoms with van der Waals surface area (Å²) < 4.78 is 16.0. The molecule has 7 heteroatoms. The number of ether oxygens (including phenoxy) is 2. The maximum absolute atomic E-state index is 12.4. The highest BCUT2D eigenvalue weighted by atomic mass is 16.5. The summed E-state index contributed by atoms with van der Waals surface area (Å²) in [6.45, 7) is 3.43. The fourth-order valence-electron chi connectivity index (χ4n) is 2.55. The van der Waals surface area contributed by atoms with E-state index in [1.807, 2.05) is 13.0 Å². The van der Waals surface area contributed by atoms with Gasteiger partial charge in [-0.3, -0.25) is 4.79 Å². The molecule has 1 heterocycles. The molecule has 28 heavy (non-hydrogen) atoms. The molecule has 2 aromatic carbocycles. The molecule has 1 N–H and O–H groups in total. The van der Waals surface area contributed by atoms with Crippen molar-refractivity contribution < 1.29 is 23.6 Å². The van der Waals surface area contributed by atoms with E-state index in [0.717, 1.165) is 11.3 Å². The van der Waals surface area contributed by atoms with Crippen LogP contribution in [0, 0.1) is 13.8 Å². The minimum absolute atomic E-state index is 0.208. The molecule has 3 rings (SSSR count). The zero-order chi connectivity index (χ0) is 19.9. The van der Waals surface area contributed by atoms with E-state index < -0.39 is 18.5 Å². The maximum Gasteiger partial charge on any atom is 0.342 e. The second kappa shape index (κ2) is 8.85. The molecule has 0 atom stereocenters. The standard InChI is InChI=1S/C21H20N2O5/c1-14-18(15(2)28-23-14)12-26-19-11-7-6-10-17(19)21(25)27-13-20(24)22-16-8-4-3-5-9-16/h3-11H,12-13H2,1-2H3,(H,22,24). The van der Waals surface area contributed by atoms with Gasteiger partial charge in [0.25, 0.3) is 5.91 Å². The quantitative estimate of drug-likeness (QED) is 0.629. The summed E-state index contributed by atoms with van der Waals surface area (Å²) in [6.07, 6.45) is 0. The summed E-state index contributed by atoms with van der Waals surface area (Å²) in [5.74, 6) is -0.0441. The van der Waals surface area contributed by atoms with Crippen molar-refractivity contribution in [2.24, 2.45) is 0 Å². The summed E-state index contributed by atoms with van der Waals surface area (Å²) in [5, 5.41) is 6.53. The number of hydrogen-bond acceptors (Lipinski definition) is 6. The molecular weight excluding hydrogens is 360 g/mol. The third-order valence-corrected chi connectivity index (χ3v) is 4.05. The molecule has 0 saturated carbocycles. The first-order chi connectivity index (χ1) is 13.5. The lowest BCUT2D eigenvalue weighted by molar-refractivity contribution is -0.119. The molecule has 0 aliphatic heterocycles. The molecule has 0 fully saturated rings. The zero-order valence-corrected chi connectivity index (χ0v) is 15.6. The molecular formula is C21H20N2O5. The number of nitrogens with zero attached hydrogens (tertiary/aromatic N) is 1. The van der Waals surface area contributed by atoms with Gasteiger partial charge in [0, 0.05) is 5.69 Å². The summed E-state index contributed by atoms with van der Waals surface area (Å²) in [7, 11) is 0. The second-order valence-corrected chi connectivity index (χ2v) is 6.08. The minimum Gasteiger partial charge on any atom is -0.488 e. The van der Waals surface area contributed by atoms with Crippen LogP contribution in [0.3, 0.4) is 0 Å². The monoisotopic (exact) mass is 380 g/mol. The first-order valence-electron chi connectivity index (χ1n) is 8.70. The van der Waals surface area contributed by atoms with E-state index in [4.69, 9.17) is 14.0 Å². The predicted molar refractivity (Wildman–Crippen MR) is 102 cm³/mol. The zero-order valence-electron chi connectivity index (χ0n) is 15.6. The smallest absolute Gasteiger partial charge is 0.342 e. The number of hydrogen-bond donors (Lipinski definition) is 1. The molecule has 0 aliphatic carbocycles. The number of carbonyl (C=O) groups is 2. The van der Waals surface area contributed by atoms with Crippen LogP contribution in [0.15, 0.2) is 59.1 Å². The van der Waals surface area contributed by atoms with Crippen molar-refractivity contribution >= 4 is 17.6 Å². The largest absolute Gasteiger partial charge is 0.488 e. The Bertz CT molecular complexity index is 946. The fourth-order valence-corrected chi connectivity index (χ4v) is 2.55. The number of anilines is 1. The Morgan fingerprint density at radius 2 is 1.75 bits per heavy atom. The number of benzene rings is 2. The fraction of sp³-hybridized carbons (Fsp3) is 0.190. The molecule has 0 saturated heterocycles. The van der Waals surface area contributed by atoms with Gasteiger partial charge in [0.15, 0.2) is 6.61 Å². The Kier molecular flexibility index (Phi) is 6.06. The Balaban J connectivity index is 1.60. The van der Waals surface area contributed by atoms with E-state index in [9.17, 15) is 9.59 Å². The van der Waals surface area contributed by atoms with E-state index in [-0.39, 0.29) is 12.2 Å². The number of aromatic nitrogens is 1. The first kappa shape index (κ1) is 19.2. The Morgan fingerprint density at radius 3 is 2.46 bits per heavy atom. The lowest BCUT2D eigenvalue weighted by Gasteiger charge is -2.11. The Morgan fingerprint density at radius 1 is 1.04 bits per heavy atom. The average Bonchev–Trinajstić information content (AvgIpc) is 3.03. The third kappa shape index (κ3) is 4.76. The van der Waals surface area contributed by atoms with Gasteiger partial charge in [0.1, 0.15) is 23.7 Å². The second-order valence-electron chi connectivity index (χ2n) is 6.08. The van der Waals surface area contributed by atoms with Crippen molar-refractivity contribution in [1.29, 1.82) is 0 Å². The summed E-state index contributed by atoms with van der Waals surface area (Å²) in [5.41, 5.74) is 2.43. The lowest BCUT2D eigenvalue weighted by atomic mass is 10.2. The number of aryl methyl sites for hydroxylation is 2. The van der Waals surface area contributed by atoms with Crippen molar-refractivity contribution in [3.05, 3.63) is 77.2 Å². The molecule has 7 nitrogen and oxygen atoms in total. The van der Waals surface area contributed by atoms with Gasteiger partial charge < -0.3 is 19.3 Å². The summed E-state index contributed by atoms with van der Waals surface area (Å²) in [4.78, 5) is 24.4. The Hall–Kier alpha value is -3.61. The maximum atomic E-state index is 12.4. The molecule has 144 valence electrons. The summed E-state index contributed by atoms with van der Waals surface area (Å²) in [6, 6.07) is 15.6. The molecule has 0 aliphatic rings. The van der Waals surface area contributed by atoms with Crippen LogP contribution in [-0.4, -0.2) is 23.6 Å². The van der Waals surface area contributed by atoms with Crippen LogP contribution in [0.1, 0.15) is 27.4 Å². The van der Waals surface area contributed by atoms with E-state index in [1.165, 1.54) is 0 Å². The SMILES string of the molecule is Cc1noc(C)c1COc1ccccc1C(=O)OCC(=O)Nc1ccccc1. The van der Waals surface area contributed by atoms with Gasteiger partial charge in [0.2, 0.25) is 0 Å². The van der Waals surface area contributed by atoms with Crippen LogP contribution in [-0.2, 0) is 16.1 Å². The topological polar surface area (TPSA) is 90.7 Å². The van der Waals surface area contributed by atoms with Crippen LogP contribution >= 0.6 is 0 Å². The van der Waals surface area contributed by atoms with Crippen molar-refractivity contribution in [2.45, 2.75) is 20.5 Å². The van der Waals surface area contributed by atoms with Gasteiger partial charge in [-0.15, -0.1) is 0 Å². The van der Waals surface area contributed by atoms with Crippen LogP contribution in [0.4, 0.5) is 5.69 Å². The first-order valence-corrected chi connectivity index (χ1v) is 8.70. The lowest BCUT2D eigenvalue weighted by Crippen LogP contribution is -2.21. The van der Waals surface area contributed by atoms with E-state index in [2.05, 4.69) is 10.5 Å². The molecule has 1 aromatic heterocycles. The van der Waals surface area contributed by atoms with Crippen LogP contribution in [0.2, 0.25) is 0 Å². The minimum atomic E-state index is -0.641. The molecule has 1 amide bonds. The normalized spacial score (nSPS) is 10.4. The Labute approximate surface area is 162 Å². The van der Waals surface area contributed by atoms with Gasteiger partial charge in [-0.1, -0.05) is 35.5 Å². The van der Waals surface area contributed by atoms with Crippen LogP contribution < -0.4 is 10.1 Å². The number of rotatable bonds is 7. The average molecular weight is 380 g/mol.